The SMILES string of the molecule is CC(OC(=O)NCCCS(=O)(=O)O)OC(=O)c1ccccc1.[NaH]. The molecule has 0 radical (unpaired) electrons. The van der Waals surface area contributed by atoms with Crippen LogP contribution in [0.3, 0.4) is 0 Å². The van der Waals surface area contributed by atoms with Crippen LogP contribution in [0.5, 0.6) is 0 Å². The molecule has 0 saturated heterocycles. The number of alkyl carbamates (subject to hydrolysis) is 1. The zero-order valence-electron chi connectivity index (χ0n) is 11.9. The molecule has 1 amide bonds. The summed E-state index contributed by atoms with van der Waals surface area (Å²) in [6.07, 6.45) is -1.93. The third-order valence-electron chi connectivity index (χ3n) is 2.40. The van der Waals surface area contributed by atoms with Crippen molar-refractivity contribution in [2.75, 3.05) is 12.3 Å². The van der Waals surface area contributed by atoms with Gasteiger partial charge in [-0.25, -0.2) is 9.59 Å². The summed E-state index contributed by atoms with van der Waals surface area (Å²) in [6.45, 7) is 1.37. The molecule has 23 heavy (non-hydrogen) atoms. The summed E-state index contributed by atoms with van der Waals surface area (Å²) >= 11 is 0. The molecule has 0 aliphatic rings. The van der Waals surface area contributed by atoms with Gasteiger partial charge in [0.2, 0.25) is 6.29 Å². The number of carbonyl (C=O) groups is 2. The first-order chi connectivity index (χ1) is 10.3. The summed E-state index contributed by atoms with van der Waals surface area (Å²) in [5.74, 6) is -1.10. The van der Waals surface area contributed by atoms with Gasteiger partial charge in [0.1, 0.15) is 0 Å². The first-order valence-corrected chi connectivity index (χ1v) is 8.04. The van der Waals surface area contributed by atoms with Gasteiger partial charge < -0.3 is 14.8 Å². The summed E-state index contributed by atoms with van der Waals surface area (Å²) in [4.78, 5) is 23.0. The van der Waals surface area contributed by atoms with Crippen LogP contribution >= 0.6 is 0 Å². The normalized spacial score (nSPS) is 11.7. The number of hydrogen-bond donors (Lipinski definition) is 2. The molecule has 124 valence electrons. The second kappa shape index (κ2) is 10.6. The molecule has 1 rings (SSSR count). The number of nitrogens with one attached hydrogen (secondary N) is 1. The molecule has 0 fully saturated rings. The molecule has 1 atom stereocenters. The zero-order chi connectivity index (χ0) is 16.6. The Morgan fingerprint density at radius 3 is 2.39 bits per heavy atom. The van der Waals surface area contributed by atoms with Gasteiger partial charge in [-0.3, -0.25) is 4.55 Å². The minimum absolute atomic E-state index is 0. The Bertz CT molecular complexity index is 606. The van der Waals surface area contributed by atoms with E-state index >= 15 is 0 Å². The Kier molecular flexibility index (Phi) is 10.1. The molecule has 1 aromatic carbocycles. The Labute approximate surface area is 156 Å². The van der Waals surface area contributed by atoms with E-state index in [-0.39, 0.29) is 42.5 Å². The summed E-state index contributed by atoms with van der Waals surface area (Å²) in [6, 6.07) is 8.21. The van der Waals surface area contributed by atoms with Crippen molar-refractivity contribution < 1.29 is 32.0 Å². The van der Waals surface area contributed by atoms with E-state index in [1.54, 1.807) is 30.3 Å². The molecule has 0 aliphatic heterocycles. The molecule has 2 N–H and O–H groups in total. The number of carbonyl (C=O) groups excluding carboxylic acids is 2. The molecule has 0 bridgehead atoms. The molecule has 1 unspecified atom stereocenters. The first-order valence-electron chi connectivity index (χ1n) is 6.43. The zero-order valence-corrected chi connectivity index (χ0v) is 12.7. The van der Waals surface area contributed by atoms with Gasteiger partial charge in [0.05, 0.1) is 11.3 Å². The Morgan fingerprint density at radius 1 is 1.22 bits per heavy atom. The number of amides is 1. The average Bonchev–Trinajstić information content (AvgIpc) is 2.43. The second-order valence-electron chi connectivity index (χ2n) is 4.31. The van der Waals surface area contributed by atoms with Crippen LogP contribution in [0.15, 0.2) is 30.3 Å². The van der Waals surface area contributed by atoms with Crippen molar-refractivity contribution in [1.82, 2.24) is 5.32 Å². The molecule has 0 saturated carbocycles. The van der Waals surface area contributed by atoms with Crippen LogP contribution in [0.4, 0.5) is 4.79 Å². The van der Waals surface area contributed by atoms with E-state index in [0.717, 1.165) is 0 Å². The van der Waals surface area contributed by atoms with E-state index in [4.69, 9.17) is 14.0 Å². The van der Waals surface area contributed by atoms with Crippen LogP contribution in [0.25, 0.3) is 0 Å². The van der Waals surface area contributed by atoms with Crippen LogP contribution in [0, 0.1) is 0 Å². The van der Waals surface area contributed by atoms with Gasteiger partial charge in [-0.1, -0.05) is 18.2 Å². The van der Waals surface area contributed by atoms with Crippen LogP contribution in [-0.4, -0.2) is 73.2 Å². The number of hydrogen-bond acceptors (Lipinski definition) is 6. The Balaban J connectivity index is 0.00000484. The third-order valence-corrected chi connectivity index (χ3v) is 3.21. The molecule has 1 aromatic rings. The van der Waals surface area contributed by atoms with E-state index in [0.29, 0.717) is 5.56 Å². The van der Waals surface area contributed by atoms with E-state index in [2.05, 4.69) is 5.32 Å². The van der Waals surface area contributed by atoms with Crippen LogP contribution in [-0.2, 0) is 19.6 Å². The molecule has 0 aliphatic carbocycles. The number of benzene rings is 1. The number of ether oxygens (including phenoxy) is 2. The van der Waals surface area contributed by atoms with Gasteiger partial charge in [-0.05, 0) is 18.6 Å². The maximum absolute atomic E-state index is 11.7. The first kappa shape index (κ1) is 21.9. The van der Waals surface area contributed by atoms with Crippen molar-refractivity contribution in [3.63, 3.8) is 0 Å². The molecule has 10 heteroatoms. The molecular formula is C13H18NNaO7S. The van der Waals surface area contributed by atoms with Gasteiger partial charge in [-0.15, -0.1) is 0 Å². The van der Waals surface area contributed by atoms with Crippen molar-refractivity contribution in [2.24, 2.45) is 0 Å². The van der Waals surface area contributed by atoms with E-state index in [9.17, 15) is 18.0 Å². The van der Waals surface area contributed by atoms with Crippen molar-refractivity contribution in [3.05, 3.63) is 35.9 Å². The predicted octanol–water partition coefficient (Wildman–Crippen LogP) is 0.545. The van der Waals surface area contributed by atoms with Gasteiger partial charge in [-0.2, -0.15) is 8.42 Å². The summed E-state index contributed by atoms with van der Waals surface area (Å²) in [5.41, 5.74) is 0.325. The standard InChI is InChI=1S/C13H17NO7S.Na.H/c1-10(20-12(15)11-6-3-2-4-7-11)21-13(16)14-8-5-9-22(17,18)19;;/h2-4,6-7,10H,5,8-9H2,1H3,(H,14,16)(H,17,18,19);;. The van der Waals surface area contributed by atoms with Gasteiger partial charge in [0.25, 0.3) is 10.1 Å². The number of rotatable bonds is 7. The van der Waals surface area contributed by atoms with Crippen LogP contribution in [0.2, 0.25) is 0 Å². The number of esters is 1. The van der Waals surface area contributed by atoms with Gasteiger partial charge in [0.15, 0.2) is 0 Å². The molecule has 0 spiro atoms. The van der Waals surface area contributed by atoms with Crippen molar-refractivity contribution in [2.45, 2.75) is 19.6 Å². The fourth-order valence-corrected chi connectivity index (χ4v) is 1.96. The second-order valence-corrected chi connectivity index (χ2v) is 5.88. The van der Waals surface area contributed by atoms with E-state index in [1.165, 1.54) is 6.92 Å². The monoisotopic (exact) mass is 355 g/mol. The van der Waals surface area contributed by atoms with Gasteiger partial charge >= 0.3 is 41.6 Å². The Hall–Kier alpha value is -1.13. The minimum atomic E-state index is -4.05. The topological polar surface area (TPSA) is 119 Å². The molecule has 8 nitrogen and oxygen atoms in total. The van der Waals surface area contributed by atoms with E-state index < -0.39 is 34.2 Å². The van der Waals surface area contributed by atoms with Gasteiger partial charge in [0, 0.05) is 13.5 Å². The fraction of sp³-hybridized carbons (Fsp3) is 0.385. The van der Waals surface area contributed by atoms with Crippen LogP contribution < -0.4 is 5.32 Å². The van der Waals surface area contributed by atoms with Crippen molar-refractivity contribution in [3.8, 4) is 0 Å². The molecule has 0 aromatic heterocycles. The third kappa shape index (κ3) is 10.3. The Morgan fingerprint density at radius 2 is 1.83 bits per heavy atom. The molecule has 0 heterocycles. The fourth-order valence-electron chi connectivity index (χ4n) is 1.45. The summed E-state index contributed by atoms with van der Waals surface area (Å²) < 4.78 is 39.1. The summed E-state index contributed by atoms with van der Waals surface area (Å²) in [5, 5.41) is 2.27. The maximum atomic E-state index is 11.7. The average molecular weight is 355 g/mol. The quantitative estimate of drug-likeness (QED) is 0.241. The summed E-state index contributed by atoms with van der Waals surface area (Å²) in [7, 11) is -4.05. The van der Waals surface area contributed by atoms with E-state index in [1.807, 2.05) is 0 Å². The van der Waals surface area contributed by atoms with Crippen molar-refractivity contribution in [1.29, 1.82) is 0 Å². The molecular weight excluding hydrogens is 337 g/mol. The van der Waals surface area contributed by atoms with Crippen molar-refractivity contribution >= 4 is 51.7 Å². The van der Waals surface area contributed by atoms with Crippen LogP contribution in [0.1, 0.15) is 23.7 Å². The predicted molar refractivity (Wildman–Crippen MR) is 84.0 cm³/mol.